The molecule has 0 saturated heterocycles. The number of nitrogens with zero attached hydrogens (tertiary/aromatic N) is 2. The molecule has 0 aliphatic rings. The fraction of sp³-hybridized carbons (Fsp3) is 0.200. The topological polar surface area (TPSA) is 62.6 Å². The van der Waals surface area contributed by atoms with E-state index in [1.165, 1.54) is 0 Å². The van der Waals surface area contributed by atoms with E-state index in [1.54, 1.807) is 32.2 Å². The maximum absolute atomic E-state index is 13.2. The van der Waals surface area contributed by atoms with Gasteiger partial charge < -0.3 is 14.2 Å². The van der Waals surface area contributed by atoms with E-state index in [9.17, 15) is 4.79 Å². The monoisotopic (exact) mass is 416 g/mol. The van der Waals surface area contributed by atoms with Gasteiger partial charge in [0.25, 0.3) is 5.56 Å². The fourth-order valence-corrected chi connectivity index (χ4v) is 3.69. The Kier molecular flexibility index (Phi) is 5.89. The summed E-state index contributed by atoms with van der Waals surface area (Å²) < 4.78 is 17.9. The highest BCUT2D eigenvalue weighted by atomic mass is 16.5. The lowest BCUT2D eigenvalue weighted by Crippen LogP contribution is -2.21. The molecule has 0 unspecified atom stereocenters. The van der Waals surface area contributed by atoms with Gasteiger partial charge in [0.2, 0.25) is 0 Å². The van der Waals surface area contributed by atoms with Crippen molar-refractivity contribution in [3.63, 3.8) is 0 Å². The molecule has 31 heavy (non-hydrogen) atoms. The van der Waals surface area contributed by atoms with Gasteiger partial charge in [-0.05, 0) is 53.9 Å². The average Bonchev–Trinajstić information content (AvgIpc) is 2.83. The minimum absolute atomic E-state index is 0.0800. The fourth-order valence-electron chi connectivity index (χ4n) is 3.69. The van der Waals surface area contributed by atoms with Gasteiger partial charge in [0.15, 0.2) is 0 Å². The van der Waals surface area contributed by atoms with Crippen LogP contribution < -0.4 is 19.8 Å². The number of ether oxygens (including phenoxy) is 3. The van der Waals surface area contributed by atoms with Crippen molar-refractivity contribution in [1.29, 1.82) is 0 Å². The van der Waals surface area contributed by atoms with Crippen LogP contribution >= 0.6 is 0 Å². The van der Waals surface area contributed by atoms with Crippen LogP contribution in [0.4, 0.5) is 0 Å². The summed E-state index contributed by atoms with van der Waals surface area (Å²) >= 11 is 0. The summed E-state index contributed by atoms with van der Waals surface area (Å²) in [5.41, 5.74) is 3.40. The first kappa shape index (κ1) is 20.5. The minimum Gasteiger partial charge on any atom is -0.497 e. The predicted molar refractivity (Wildman–Crippen MR) is 121 cm³/mol. The molecule has 4 aromatic rings. The molecule has 1 heterocycles. The van der Waals surface area contributed by atoms with Gasteiger partial charge in [-0.25, -0.2) is 4.98 Å². The largest absolute Gasteiger partial charge is 0.497 e. The van der Waals surface area contributed by atoms with Gasteiger partial charge >= 0.3 is 0 Å². The van der Waals surface area contributed by atoms with Gasteiger partial charge in [0, 0.05) is 12.1 Å². The molecule has 0 atom stereocenters. The zero-order valence-corrected chi connectivity index (χ0v) is 17.8. The molecule has 0 N–H and O–H groups in total. The van der Waals surface area contributed by atoms with Crippen molar-refractivity contribution in [2.24, 2.45) is 0 Å². The Bertz CT molecular complexity index is 1280. The van der Waals surface area contributed by atoms with E-state index in [-0.39, 0.29) is 5.56 Å². The molecule has 0 amide bonds. The summed E-state index contributed by atoms with van der Waals surface area (Å²) in [6, 6.07) is 19.1. The van der Waals surface area contributed by atoms with Crippen LogP contribution in [0.25, 0.3) is 22.0 Å². The van der Waals surface area contributed by atoms with Crippen molar-refractivity contribution >= 4 is 10.9 Å². The SMILES string of the molecule is COc1ccc(OC)c(CCn2cnc3ccc(-c4ccccc4OC)cc3c2=O)c1. The lowest BCUT2D eigenvalue weighted by atomic mass is 10.0. The first-order valence-electron chi connectivity index (χ1n) is 9.98. The molecule has 6 heteroatoms. The van der Waals surface area contributed by atoms with E-state index in [0.717, 1.165) is 33.9 Å². The van der Waals surface area contributed by atoms with Crippen molar-refractivity contribution < 1.29 is 14.2 Å². The number of aromatic nitrogens is 2. The number of para-hydroxylation sites is 1. The Labute approximate surface area is 180 Å². The van der Waals surface area contributed by atoms with Crippen LogP contribution in [0.1, 0.15) is 5.56 Å². The maximum Gasteiger partial charge on any atom is 0.261 e. The second-order valence-corrected chi connectivity index (χ2v) is 7.10. The van der Waals surface area contributed by atoms with Gasteiger partial charge in [-0.1, -0.05) is 24.3 Å². The quantitative estimate of drug-likeness (QED) is 0.449. The lowest BCUT2D eigenvalue weighted by molar-refractivity contribution is 0.397. The second-order valence-electron chi connectivity index (χ2n) is 7.10. The normalized spacial score (nSPS) is 10.8. The molecule has 0 bridgehead atoms. The molecule has 0 spiro atoms. The number of benzene rings is 3. The molecule has 0 fully saturated rings. The smallest absolute Gasteiger partial charge is 0.261 e. The first-order valence-corrected chi connectivity index (χ1v) is 9.98. The van der Waals surface area contributed by atoms with E-state index in [4.69, 9.17) is 14.2 Å². The van der Waals surface area contributed by atoms with Gasteiger partial charge in [0.05, 0.1) is 38.6 Å². The van der Waals surface area contributed by atoms with E-state index in [2.05, 4.69) is 4.98 Å². The lowest BCUT2D eigenvalue weighted by Gasteiger charge is -2.12. The summed E-state index contributed by atoms with van der Waals surface area (Å²) in [5.74, 6) is 2.28. The van der Waals surface area contributed by atoms with Crippen LogP contribution in [0.5, 0.6) is 17.2 Å². The summed E-state index contributed by atoms with van der Waals surface area (Å²) in [6.07, 6.45) is 2.21. The number of rotatable bonds is 7. The van der Waals surface area contributed by atoms with E-state index in [0.29, 0.717) is 23.9 Å². The zero-order valence-electron chi connectivity index (χ0n) is 17.8. The maximum atomic E-state index is 13.2. The molecular weight excluding hydrogens is 392 g/mol. The van der Waals surface area contributed by atoms with E-state index in [1.807, 2.05) is 60.7 Å². The van der Waals surface area contributed by atoms with Crippen molar-refractivity contribution in [1.82, 2.24) is 9.55 Å². The van der Waals surface area contributed by atoms with Crippen LogP contribution in [0.3, 0.4) is 0 Å². The molecule has 4 rings (SSSR count). The van der Waals surface area contributed by atoms with Crippen molar-refractivity contribution in [2.75, 3.05) is 21.3 Å². The van der Waals surface area contributed by atoms with Crippen molar-refractivity contribution in [2.45, 2.75) is 13.0 Å². The molecular formula is C25H24N2O4. The van der Waals surface area contributed by atoms with Crippen LogP contribution in [-0.2, 0) is 13.0 Å². The number of hydrogen-bond acceptors (Lipinski definition) is 5. The van der Waals surface area contributed by atoms with Crippen LogP contribution in [-0.4, -0.2) is 30.9 Å². The van der Waals surface area contributed by atoms with Crippen LogP contribution in [0.15, 0.2) is 71.8 Å². The van der Waals surface area contributed by atoms with E-state index >= 15 is 0 Å². The van der Waals surface area contributed by atoms with Crippen LogP contribution in [0.2, 0.25) is 0 Å². The van der Waals surface area contributed by atoms with Gasteiger partial charge in [0.1, 0.15) is 17.2 Å². The highest BCUT2D eigenvalue weighted by Gasteiger charge is 2.11. The number of aryl methyl sites for hydroxylation is 2. The zero-order chi connectivity index (χ0) is 21.8. The summed E-state index contributed by atoms with van der Waals surface area (Å²) in [4.78, 5) is 17.7. The summed E-state index contributed by atoms with van der Waals surface area (Å²) in [6.45, 7) is 0.476. The molecule has 158 valence electrons. The molecule has 0 radical (unpaired) electrons. The highest BCUT2D eigenvalue weighted by molar-refractivity contribution is 5.85. The average molecular weight is 416 g/mol. The van der Waals surface area contributed by atoms with Crippen molar-refractivity contribution in [3.8, 4) is 28.4 Å². The number of hydrogen-bond donors (Lipinski definition) is 0. The molecule has 0 saturated carbocycles. The van der Waals surface area contributed by atoms with Gasteiger partial charge in [-0.15, -0.1) is 0 Å². The Morgan fingerprint density at radius 1 is 0.871 bits per heavy atom. The third kappa shape index (κ3) is 4.10. The Balaban J connectivity index is 1.69. The van der Waals surface area contributed by atoms with E-state index < -0.39 is 0 Å². The molecule has 3 aromatic carbocycles. The number of methoxy groups -OCH3 is 3. The Morgan fingerprint density at radius 3 is 2.45 bits per heavy atom. The summed E-state index contributed by atoms with van der Waals surface area (Å²) in [5, 5.41) is 0.573. The number of fused-ring (bicyclic) bond motifs is 1. The predicted octanol–water partition coefficient (Wildman–Crippen LogP) is 4.33. The van der Waals surface area contributed by atoms with Gasteiger partial charge in [-0.2, -0.15) is 0 Å². The Hall–Kier alpha value is -3.80. The second kappa shape index (κ2) is 8.92. The molecule has 6 nitrogen and oxygen atoms in total. The van der Waals surface area contributed by atoms with Gasteiger partial charge in [-0.3, -0.25) is 9.36 Å². The standard InChI is InChI=1S/C25H24N2O4/c1-29-19-9-11-23(30-2)18(14-19)12-13-27-16-26-22-10-8-17(15-21(22)25(27)28)20-6-4-5-7-24(20)31-3/h4-11,14-16H,12-13H2,1-3H3. The Morgan fingerprint density at radius 2 is 1.68 bits per heavy atom. The molecule has 0 aliphatic carbocycles. The van der Waals surface area contributed by atoms with Crippen LogP contribution in [0, 0.1) is 0 Å². The molecule has 1 aromatic heterocycles. The minimum atomic E-state index is -0.0800. The highest BCUT2D eigenvalue weighted by Crippen LogP contribution is 2.30. The first-order chi connectivity index (χ1) is 15.1. The third-order valence-electron chi connectivity index (χ3n) is 5.35. The van der Waals surface area contributed by atoms with Crippen molar-refractivity contribution in [3.05, 3.63) is 82.9 Å². The summed E-state index contributed by atoms with van der Waals surface area (Å²) in [7, 11) is 4.90. The third-order valence-corrected chi connectivity index (χ3v) is 5.35. The molecule has 0 aliphatic heterocycles.